The van der Waals surface area contributed by atoms with Gasteiger partial charge >= 0.3 is 0 Å². The summed E-state index contributed by atoms with van der Waals surface area (Å²) in [5.41, 5.74) is 2.50. The minimum Gasteiger partial charge on any atom is -0.354 e. The lowest BCUT2D eigenvalue weighted by atomic mass is 10.2. The highest BCUT2D eigenvalue weighted by Crippen LogP contribution is 2.23. The molecule has 0 saturated carbocycles. The van der Waals surface area contributed by atoms with Crippen LogP contribution in [-0.4, -0.2) is 60.8 Å². The number of fused-ring (bicyclic) bond motifs is 1. The first-order valence-corrected chi connectivity index (χ1v) is 10.9. The second-order valence-corrected chi connectivity index (χ2v) is 8.00. The van der Waals surface area contributed by atoms with Crippen LogP contribution in [0.15, 0.2) is 77.6 Å². The zero-order valence-corrected chi connectivity index (χ0v) is 17.9. The normalized spacial score (nSPS) is 14.7. The SMILES string of the molecule is c1ccc(-c2noc(-c3ccn4c(CN5CCN(c6ccccn6)CC5)nnc4c3)n2)cc1. The van der Waals surface area contributed by atoms with Crippen LogP contribution in [-0.2, 0) is 6.54 Å². The summed E-state index contributed by atoms with van der Waals surface area (Å²) >= 11 is 0. The average molecular weight is 438 g/mol. The lowest BCUT2D eigenvalue weighted by molar-refractivity contribution is 0.242. The third-order valence-electron chi connectivity index (χ3n) is 5.90. The number of pyridine rings is 2. The number of hydrogen-bond donors (Lipinski definition) is 0. The molecule has 0 bridgehead atoms. The molecule has 0 aliphatic carbocycles. The van der Waals surface area contributed by atoms with E-state index in [-0.39, 0.29) is 0 Å². The summed E-state index contributed by atoms with van der Waals surface area (Å²) in [7, 11) is 0. The van der Waals surface area contributed by atoms with Crippen molar-refractivity contribution in [2.24, 2.45) is 0 Å². The van der Waals surface area contributed by atoms with Gasteiger partial charge in [0.25, 0.3) is 5.89 Å². The van der Waals surface area contributed by atoms with E-state index in [0.717, 1.165) is 61.1 Å². The largest absolute Gasteiger partial charge is 0.354 e. The van der Waals surface area contributed by atoms with Gasteiger partial charge in [0.05, 0.1) is 6.54 Å². The van der Waals surface area contributed by atoms with Crippen molar-refractivity contribution in [1.29, 1.82) is 0 Å². The number of aromatic nitrogens is 6. The van der Waals surface area contributed by atoms with Crippen LogP contribution in [0.5, 0.6) is 0 Å². The zero-order valence-electron chi connectivity index (χ0n) is 17.9. The number of benzene rings is 1. The Morgan fingerprint density at radius 2 is 1.70 bits per heavy atom. The Morgan fingerprint density at radius 1 is 0.848 bits per heavy atom. The van der Waals surface area contributed by atoms with E-state index in [0.29, 0.717) is 11.7 Å². The van der Waals surface area contributed by atoms with Crippen molar-refractivity contribution in [1.82, 2.24) is 34.6 Å². The lowest BCUT2D eigenvalue weighted by Crippen LogP contribution is -2.46. The maximum absolute atomic E-state index is 5.49. The summed E-state index contributed by atoms with van der Waals surface area (Å²) in [6, 6.07) is 19.7. The molecule has 1 saturated heterocycles. The number of piperazine rings is 1. The van der Waals surface area contributed by atoms with Crippen LogP contribution in [0, 0.1) is 0 Å². The van der Waals surface area contributed by atoms with Crippen LogP contribution in [0.3, 0.4) is 0 Å². The molecular weight excluding hydrogens is 416 g/mol. The fourth-order valence-corrected chi connectivity index (χ4v) is 4.10. The predicted octanol–water partition coefficient (Wildman–Crippen LogP) is 3.16. The van der Waals surface area contributed by atoms with E-state index >= 15 is 0 Å². The fraction of sp³-hybridized carbons (Fsp3) is 0.208. The van der Waals surface area contributed by atoms with Crippen molar-refractivity contribution in [3.63, 3.8) is 0 Å². The summed E-state index contributed by atoms with van der Waals surface area (Å²) in [6.07, 6.45) is 3.81. The van der Waals surface area contributed by atoms with Crippen LogP contribution < -0.4 is 4.90 Å². The molecule has 33 heavy (non-hydrogen) atoms. The molecule has 5 aromatic rings. The Labute approximate surface area is 190 Å². The Bertz CT molecular complexity index is 1360. The molecule has 9 nitrogen and oxygen atoms in total. The molecule has 0 amide bonds. The van der Waals surface area contributed by atoms with Gasteiger partial charge in [-0.25, -0.2) is 4.98 Å². The topological polar surface area (TPSA) is 88.5 Å². The molecule has 1 aliphatic rings. The number of nitrogens with zero attached hydrogens (tertiary/aromatic N) is 8. The van der Waals surface area contributed by atoms with Crippen LogP contribution >= 0.6 is 0 Å². The summed E-state index contributed by atoms with van der Waals surface area (Å²) < 4.78 is 7.51. The Kier molecular flexibility index (Phi) is 5.00. The molecule has 1 aliphatic heterocycles. The van der Waals surface area contributed by atoms with Gasteiger partial charge in [-0.05, 0) is 24.3 Å². The van der Waals surface area contributed by atoms with Crippen molar-refractivity contribution in [3.8, 4) is 22.8 Å². The zero-order chi connectivity index (χ0) is 22.0. The average Bonchev–Trinajstić information content (AvgIpc) is 3.53. The van der Waals surface area contributed by atoms with Crippen LogP contribution in [0.2, 0.25) is 0 Å². The summed E-state index contributed by atoms with van der Waals surface area (Å²) in [4.78, 5) is 13.7. The molecule has 9 heteroatoms. The highest BCUT2D eigenvalue weighted by Gasteiger charge is 2.20. The predicted molar refractivity (Wildman–Crippen MR) is 123 cm³/mol. The van der Waals surface area contributed by atoms with Gasteiger partial charge in [-0.1, -0.05) is 41.6 Å². The standard InChI is InChI=1S/C24H22N8O/c1-2-6-18(7-3-1)23-26-24(33-29-23)19-9-11-32-21(16-19)27-28-22(32)17-30-12-14-31(15-13-30)20-8-4-5-10-25-20/h1-11,16H,12-15,17H2. The molecule has 6 rings (SSSR count). The monoisotopic (exact) mass is 438 g/mol. The Morgan fingerprint density at radius 3 is 2.52 bits per heavy atom. The quantitative estimate of drug-likeness (QED) is 0.413. The van der Waals surface area contributed by atoms with Crippen molar-refractivity contribution in [3.05, 3.63) is 78.9 Å². The van der Waals surface area contributed by atoms with Crippen LogP contribution in [0.1, 0.15) is 5.82 Å². The Hall–Kier alpha value is -4.11. The van der Waals surface area contributed by atoms with E-state index in [2.05, 4.69) is 41.2 Å². The first-order chi connectivity index (χ1) is 16.3. The summed E-state index contributed by atoms with van der Waals surface area (Å²) in [5, 5.41) is 12.9. The lowest BCUT2D eigenvalue weighted by Gasteiger charge is -2.34. The van der Waals surface area contributed by atoms with Crippen LogP contribution in [0.25, 0.3) is 28.5 Å². The minimum absolute atomic E-state index is 0.464. The molecule has 0 radical (unpaired) electrons. The molecule has 0 spiro atoms. The van der Waals surface area contributed by atoms with E-state index in [9.17, 15) is 0 Å². The number of anilines is 1. The van der Waals surface area contributed by atoms with E-state index in [1.165, 1.54) is 0 Å². The van der Waals surface area contributed by atoms with Gasteiger partial charge in [-0.15, -0.1) is 10.2 Å². The molecule has 164 valence electrons. The maximum atomic E-state index is 5.49. The van der Waals surface area contributed by atoms with Gasteiger partial charge in [-0.2, -0.15) is 4.98 Å². The summed E-state index contributed by atoms with van der Waals surface area (Å²) in [6.45, 7) is 4.54. The maximum Gasteiger partial charge on any atom is 0.258 e. The smallest absolute Gasteiger partial charge is 0.258 e. The van der Waals surface area contributed by atoms with Gasteiger partial charge < -0.3 is 9.42 Å². The van der Waals surface area contributed by atoms with Gasteiger partial charge in [0.1, 0.15) is 5.82 Å². The molecule has 0 atom stereocenters. The van der Waals surface area contributed by atoms with E-state index in [1.54, 1.807) is 0 Å². The van der Waals surface area contributed by atoms with Gasteiger partial charge in [-0.3, -0.25) is 9.30 Å². The van der Waals surface area contributed by atoms with E-state index < -0.39 is 0 Å². The molecule has 1 fully saturated rings. The summed E-state index contributed by atoms with van der Waals surface area (Å²) in [5.74, 6) is 2.98. The van der Waals surface area contributed by atoms with E-state index in [4.69, 9.17) is 4.52 Å². The molecule has 5 heterocycles. The highest BCUT2D eigenvalue weighted by molar-refractivity contribution is 5.62. The Balaban J connectivity index is 1.16. The number of hydrogen-bond acceptors (Lipinski definition) is 8. The molecular formula is C24H22N8O. The van der Waals surface area contributed by atoms with Gasteiger partial charge in [0.2, 0.25) is 5.82 Å². The molecule has 0 unspecified atom stereocenters. The highest BCUT2D eigenvalue weighted by atomic mass is 16.5. The second-order valence-electron chi connectivity index (χ2n) is 8.00. The fourth-order valence-electron chi connectivity index (χ4n) is 4.10. The third-order valence-corrected chi connectivity index (χ3v) is 5.90. The molecule has 4 aromatic heterocycles. The van der Waals surface area contributed by atoms with Crippen LogP contribution in [0.4, 0.5) is 5.82 Å². The first-order valence-electron chi connectivity index (χ1n) is 10.9. The second kappa shape index (κ2) is 8.44. The van der Waals surface area contributed by atoms with Crippen molar-refractivity contribution in [2.45, 2.75) is 6.54 Å². The van der Waals surface area contributed by atoms with Gasteiger partial charge in [0.15, 0.2) is 11.5 Å². The third kappa shape index (κ3) is 3.94. The molecule has 1 aromatic carbocycles. The van der Waals surface area contributed by atoms with Crippen molar-refractivity contribution in [2.75, 3.05) is 31.1 Å². The van der Waals surface area contributed by atoms with Crippen molar-refractivity contribution < 1.29 is 4.52 Å². The van der Waals surface area contributed by atoms with Gasteiger partial charge in [0, 0.05) is 49.7 Å². The van der Waals surface area contributed by atoms with Crippen molar-refractivity contribution >= 4 is 11.5 Å². The van der Waals surface area contributed by atoms with E-state index in [1.807, 2.05) is 71.4 Å². The number of rotatable bonds is 5. The first kappa shape index (κ1) is 19.6. The molecule has 0 N–H and O–H groups in total. The minimum atomic E-state index is 0.464.